The van der Waals surface area contributed by atoms with E-state index in [0.29, 0.717) is 29.0 Å². The Morgan fingerprint density at radius 3 is 2.23 bits per heavy atom. The Bertz CT molecular complexity index is 618. The van der Waals surface area contributed by atoms with Crippen LogP contribution < -0.4 is 19.5 Å². The molecule has 0 spiro atoms. The second-order valence-corrected chi connectivity index (χ2v) is 4.67. The Balaban J connectivity index is 0.00000176. The first-order chi connectivity index (χ1) is 10.3. The van der Waals surface area contributed by atoms with Crippen molar-refractivity contribution >= 4 is 12.4 Å². The molecule has 120 valence electrons. The summed E-state index contributed by atoms with van der Waals surface area (Å²) in [6.07, 6.45) is 1.01. The third-order valence-electron chi connectivity index (χ3n) is 3.49. The number of hydrogen-bond donors (Lipinski definition) is 1. The molecule has 0 unspecified atom stereocenters. The van der Waals surface area contributed by atoms with Crippen LogP contribution in [0.2, 0.25) is 0 Å². The second kappa shape index (κ2) is 6.85. The quantitative estimate of drug-likeness (QED) is 0.902. The third kappa shape index (κ3) is 2.82. The standard InChI is InChI=1S/C14H17N3O4.ClH/c1-18-10-6-8(7-11(19-2)12(10)20-3)13-16-14(21-17-13)9-4-5-15-9;/h6-7,9,15H,4-5H2,1-3H3;1H/t9-;/m1./s1. The summed E-state index contributed by atoms with van der Waals surface area (Å²) in [6, 6.07) is 3.75. The number of benzene rings is 1. The Labute approximate surface area is 134 Å². The van der Waals surface area contributed by atoms with Crippen molar-refractivity contribution in [1.82, 2.24) is 15.5 Å². The zero-order valence-electron chi connectivity index (χ0n) is 12.6. The highest BCUT2D eigenvalue weighted by Gasteiger charge is 2.25. The Kier molecular flexibility index (Phi) is 5.10. The number of aromatic nitrogens is 2. The van der Waals surface area contributed by atoms with Gasteiger partial charge < -0.3 is 24.1 Å². The van der Waals surface area contributed by atoms with E-state index in [9.17, 15) is 0 Å². The van der Waals surface area contributed by atoms with Gasteiger partial charge >= 0.3 is 0 Å². The zero-order valence-corrected chi connectivity index (χ0v) is 13.4. The van der Waals surface area contributed by atoms with Crippen molar-refractivity contribution in [3.05, 3.63) is 18.0 Å². The fourth-order valence-corrected chi connectivity index (χ4v) is 2.20. The van der Waals surface area contributed by atoms with Gasteiger partial charge in [-0.05, 0) is 25.1 Å². The molecule has 1 aromatic carbocycles. The number of nitrogens with zero attached hydrogens (tertiary/aromatic N) is 2. The second-order valence-electron chi connectivity index (χ2n) is 4.67. The van der Waals surface area contributed by atoms with Crippen molar-refractivity contribution in [1.29, 1.82) is 0 Å². The van der Waals surface area contributed by atoms with E-state index in [2.05, 4.69) is 15.5 Å². The fourth-order valence-electron chi connectivity index (χ4n) is 2.20. The van der Waals surface area contributed by atoms with E-state index in [0.717, 1.165) is 18.5 Å². The Morgan fingerprint density at radius 1 is 1.14 bits per heavy atom. The van der Waals surface area contributed by atoms with Gasteiger partial charge in [0.2, 0.25) is 17.5 Å². The molecule has 1 N–H and O–H groups in total. The van der Waals surface area contributed by atoms with E-state index in [1.807, 2.05) is 0 Å². The highest BCUT2D eigenvalue weighted by Crippen LogP contribution is 2.40. The topological polar surface area (TPSA) is 78.6 Å². The molecule has 0 radical (unpaired) electrons. The van der Waals surface area contributed by atoms with Crippen molar-refractivity contribution in [2.24, 2.45) is 0 Å². The number of ether oxygens (including phenoxy) is 3. The molecule has 0 aliphatic carbocycles. The summed E-state index contributed by atoms with van der Waals surface area (Å²) >= 11 is 0. The van der Waals surface area contributed by atoms with Gasteiger partial charge in [-0.2, -0.15) is 4.98 Å². The molecule has 1 atom stereocenters. The van der Waals surface area contributed by atoms with Gasteiger partial charge in [-0.25, -0.2) is 0 Å². The molecule has 1 aliphatic rings. The van der Waals surface area contributed by atoms with E-state index < -0.39 is 0 Å². The number of hydrogen-bond acceptors (Lipinski definition) is 7. The maximum absolute atomic E-state index is 5.32. The Morgan fingerprint density at radius 2 is 1.77 bits per heavy atom. The summed E-state index contributed by atoms with van der Waals surface area (Å²) < 4.78 is 21.2. The highest BCUT2D eigenvalue weighted by molar-refractivity contribution is 5.85. The summed E-state index contributed by atoms with van der Waals surface area (Å²) in [5, 5.41) is 7.24. The van der Waals surface area contributed by atoms with Crippen LogP contribution >= 0.6 is 12.4 Å². The predicted octanol–water partition coefficient (Wildman–Crippen LogP) is 2.22. The van der Waals surface area contributed by atoms with Crippen molar-refractivity contribution in [3.63, 3.8) is 0 Å². The molecule has 2 aromatic rings. The van der Waals surface area contributed by atoms with Crippen LogP contribution in [0.15, 0.2) is 16.7 Å². The van der Waals surface area contributed by atoms with Crippen molar-refractivity contribution in [3.8, 4) is 28.6 Å². The van der Waals surface area contributed by atoms with Gasteiger partial charge in [0.25, 0.3) is 0 Å². The average Bonchev–Trinajstić information content (AvgIpc) is 2.93. The molecule has 1 saturated heterocycles. The summed E-state index contributed by atoms with van der Waals surface area (Å²) in [6.45, 7) is 0.979. The summed E-state index contributed by atoms with van der Waals surface area (Å²) in [5.41, 5.74) is 0.749. The minimum atomic E-state index is 0. The SMILES string of the molecule is COc1cc(-c2noc([C@H]3CCN3)n2)cc(OC)c1OC.Cl. The fraction of sp³-hybridized carbons (Fsp3) is 0.429. The predicted molar refractivity (Wildman–Crippen MR) is 82.0 cm³/mol. The highest BCUT2D eigenvalue weighted by atomic mass is 35.5. The van der Waals surface area contributed by atoms with Crippen LogP contribution in [0.4, 0.5) is 0 Å². The van der Waals surface area contributed by atoms with Crippen LogP contribution in [-0.4, -0.2) is 38.0 Å². The molecule has 22 heavy (non-hydrogen) atoms. The van der Waals surface area contributed by atoms with E-state index in [1.54, 1.807) is 33.5 Å². The maximum Gasteiger partial charge on any atom is 0.244 e. The molecule has 0 saturated carbocycles. The molecule has 3 rings (SSSR count). The molecule has 0 bridgehead atoms. The summed E-state index contributed by atoms with van der Waals surface area (Å²) in [7, 11) is 4.71. The van der Waals surface area contributed by atoms with Gasteiger partial charge in [0, 0.05) is 5.56 Å². The van der Waals surface area contributed by atoms with E-state index in [4.69, 9.17) is 18.7 Å². The molecule has 7 nitrogen and oxygen atoms in total. The van der Waals surface area contributed by atoms with Crippen LogP contribution in [-0.2, 0) is 0 Å². The van der Waals surface area contributed by atoms with Gasteiger partial charge in [-0.3, -0.25) is 0 Å². The molecule has 0 amide bonds. The van der Waals surface area contributed by atoms with Crippen LogP contribution in [0, 0.1) is 0 Å². The van der Waals surface area contributed by atoms with Gasteiger partial charge in [0.1, 0.15) is 0 Å². The monoisotopic (exact) mass is 327 g/mol. The van der Waals surface area contributed by atoms with Gasteiger partial charge in [-0.15, -0.1) is 12.4 Å². The minimum absolute atomic E-state index is 0. The lowest BCUT2D eigenvalue weighted by molar-refractivity contribution is 0.273. The number of rotatable bonds is 5. The van der Waals surface area contributed by atoms with Gasteiger partial charge in [0.05, 0.1) is 27.4 Å². The van der Waals surface area contributed by atoms with E-state index in [-0.39, 0.29) is 18.4 Å². The number of nitrogens with one attached hydrogen (secondary N) is 1. The first kappa shape index (κ1) is 16.4. The van der Waals surface area contributed by atoms with Crippen LogP contribution in [0.3, 0.4) is 0 Å². The largest absolute Gasteiger partial charge is 0.493 e. The van der Waals surface area contributed by atoms with Crippen molar-refractivity contribution in [2.45, 2.75) is 12.5 Å². The lowest BCUT2D eigenvalue weighted by atomic mass is 10.1. The van der Waals surface area contributed by atoms with E-state index in [1.165, 1.54) is 0 Å². The number of methoxy groups -OCH3 is 3. The normalized spacial score (nSPS) is 16.4. The molecule has 1 aromatic heterocycles. The number of halogens is 1. The van der Waals surface area contributed by atoms with Crippen LogP contribution in [0.25, 0.3) is 11.4 Å². The van der Waals surface area contributed by atoms with Crippen LogP contribution in [0.5, 0.6) is 17.2 Å². The van der Waals surface area contributed by atoms with Gasteiger partial charge in [0.15, 0.2) is 11.5 Å². The first-order valence-corrected chi connectivity index (χ1v) is 6.64. The van der Waals surface area contributed by atoms with Crippen molar-refractivity contribution < 1.29 is 18.7 Å². The van der Waals surface area contributed by atoms with Gasteiger partial charge in [-0.1, -0.05) is 5.16 Å². The lowest BCUT2D eigenvalue weighted by Gasteiger charge is -2.23. The molecule has 2 heterocycles. The molecular formula is C14H18ClN3O4. The van der Waals surface area contributed by atoms with Crippen LogP contribution in [0.1, 0.15) is 18.4 Å². The molecule has 8 heteroatoms. The molecule has 1 aliphatic heterocycles. The summed E-state index contributed by atoms with van der Waals surface area (Å²) in [4.78, 5) is 4.42. The first-order valence-electron chi connectivity index (χ1n) is 6.64. The summed E-state index contributed by atoms with van der Waals surface area (Å²) in [5.74, 6) is 2.75. The molecule has 1 fully saturated rings. The van der Waals surface area contributed by atoms with Crippen molar-refractivity contribution in [2.75, 3.05) is 27.9 Å². The average molecular weight is 328 g/mol. The minimum Gasteiger partial charge on any atom is -0.493 e. The lowest BCUT2D eigenvalue weighted by Crippen LogP contribution is -2.35. The maximum atomic E-state index is 5.32. The zero-order chi connectivity index (χ0) is 14.8. The third-order valence-corrected chi connectivity index (χ3v) is 3.49. The molecular weight excluding hydrogens is 310 g/mol. The van der Waals surface area contributed by atoms with E-state index >= 15 is 0 Å². The Hall–Kier alpha value is -1.99. The smallest absolute Gasteiger partial charge is 0.244 e.